The quantitative estimate of drug-likeness (QED) is 0.826. The molecule has 0 aliphatic carbocycles. The summed E-state index contributed by atoms with van der Waals surface area (Å²) < 4.78 is 5.29. The Hall–Kier alpha value is -1.02. The van der Waals surface area contributed by atoms with E-state index in [1.165, 1.54) is 12.0 Å². The van der Waals surface area contributed by atoms with Crippen molar-refractivity contribution in [1.82, 2.24) is 5.32 Å². The molecule has 1 heterocycles. The molecule has 0 aromatic heterocycles. The summed E-state index contributed by atoms with van der Waals surface area (Å²) in [4.78, 5) is 0. The highest BCUT2D eigenvalue weighted by molar-refractivity contribution is 5.31. The minimum atomic E-state index is 0.602. The number of piperidine rings is 1. The van der Waals surface area contributed by atoms with Crippen molar-refractivity contribution in [2.24, 2.45) is 5.92 Å². The first-order valence-electron chi connectivity index (χ1n) is 6.09. The lowest BCUT2D eigenvalue weighted by Gasteiger charge is -2.35. The third kappa shape index (κ3) is 2.22. The van der Waals surface area contributed by atoms with Gasteiger partial charge in [0.2, 0.25) is 0 Å². The predicted octanol–water partition coefficient (Wildman–Crippen LogP) is 2.80. The summed E-state index contributed by atoms with van der Waals surface area (Å²) in [7, 11) is 1.73. The number of hydrogen-bond acceptors (Lipinski definition) is 2. The topological polar surface area (TPSA) is 21.3 Å². The molecule has 3 atom stereocenters. The maximum absolute atomic E-state index is 5.29. The molecule has 0 bridgehead atoms. The van der Waals surface area contributed by atoms with E-state index in [4.69, 9.17) is 4.74 Å². The van der Waals surface area contributed by atoms with Crippen LogP contribution in [0.25, 0.3) is 0 Å². The van der Waals surface area contributed by atoms with Crippen LogP contribution < -0.4 is 10.1 Å². The number of methoxy groups -OCH3 is 1. The number of ether oxygens (including phenoxy) is 1. The SMILES string of the molecule is COc1cccc([C@@H]2CCN[C@H](C)[C@@H]2C)c1. The monoisotopic (exact) mass is 219 g/mol. The molecule has 1 aliphatic heterocycles. The maximum atomic E-state index is 5.29. The van der Waals surface area contributed by atoms with Crippen molar-refractivity contribution in [2.75, 3.05) is 13.7 Å². The summed E-state index contributed by atoms with van der Waals surface area (Å²) in [6, 6.07) is 9.11. The van der Waals surface area contributed by atoms with Crippen LogP contribution in [0.15, 0.2) is 24.3 Å². The molecule has 2 nitrogen and oxygen atoms in total. The van der Waals surface area contributed by atoms with E-state index in [1.54, 1.807) is 7.11 Å². The molecule has 16 heavy (non-hydrogen) atoms. The van der Waals surface area contributed by atoms with Crippen molar-refractivity contribution < 1.29 is 4.74 Å². The van der Waals surface area contributed by atoms with Crippen molar-refractivity contribution in [3.05, 3.63) is 29.8 Å². The van der Waals surface area contributed by atoms with E-state index in [0.29, 0.717) is 17.9 Å². The number of benzene rings is 1. The van der Waals surface area contributed by atoms with Gasteiger partial charge in [-0.05, 0) is 49.4 Å². The maximum Gasteiger partial charge on any atom is 0.119 e. The Kier molecular flexibility index (Phi) is 3.49. The number of rotatable bonds is 2. The van der Waals surface area contributed by atoms with Crippen LogP contribution in [0.5, 0.6) is 5.75 Å². The van der Waals surface area contributed by atoms with Crippen LogP contribution in [-0.2, 0) is 0 Å². The summed E-state index contributed by atoms with van der Waals surface area (Å²) in [6.07, 6.45) is 1.22. The fourth-order valence-electron chi connectivity index (χ4n) is 2.61. The van der Waals surface area contributed by atoms with E-state index in [2.05, 4.69) is 37.4 Å². The van der Waals surface area contributed by atoms with Gasteiger partial charge in [0, 0.05) is 6.04 Å². The summed E-state index contributed by atoms with van der Waals surface area (Å²) in [5.74, 6) is 2.31. The second-order valence-corrected chi connectivity index (χ2v) is 4.77. The Labute approximate surface area is 98.0 Å². The van der Waals surface area contributed by atoms with Crippen LogP contribution in [-0.4, -0.2) is 19.7 Å². The van der Waals surface area contributed by atoms with E-state index >= 15 is 0 Å². The van der Waals surface area contributed by atoms with E-state index in [1.807, 2.05) is 6.07 Å². The minimum Gasteiger partial charge on any atom is -0.497 e. The third-order valence-corrected chi connectivity index (χ3v) is 3.87. The molecule has 1 fully saturated rings. The Morgan fingerprint density at radius 3 is 2.88 bits per heavy atom. The lowest BCUT2D eigenvalue weighted by molar-refractivity contribution is 0.276. The third-order valence-electron chi connectivity index (χ3n) is 3.87. The Morgan fingerprint density at radius 2 is 2.12 bits per heavy atom. The van der Waals surface area contributed by atoms with Crippen LogP contribution >= 0.6 is 0 Å². The van der Waals surface area contributed by atoms with Crippen LogP contribution in [0.2, 0.25) is 0 Å². The van der Waals surface area contributed by atoms with Gasteiger partial charge in [0.15, 0.2) is 0 Å². The molecule has 1 aliphatic rings. The second kappa shape index (κ2) is 4.88. The van der Waals surface area contributed by atoms with Gasteiger partial charge in [-0.3, -0.25) is 0 Å². The zero-order chi connectivity index (χ0) is 11.5. The predicted molar refractivity (Wildman–Crippen MR) is 67.0 cm³/mol. The molecule has 2 heteroatoms. The molecular weight excluding hydrogens is 198 g/mol. The fraction of sp³-hybridized carbons (Fsp3) is 0.571. The van der Waals surface area contributed by atoms with Crippen molar-refractivity contribution in [1.29, 1.82) is 0 Å². The summed E-state index contributed by atoms with van der Waals surface area (Å²) >= 11 is 0. The summed E-state index contributed by atoms with van der Waals surface area (Å²) in [5, 5.41) is 3.53. The lowest BCUT2D eigenvalue weighted by Crippen LogP contribution is -2.41. The number of nitrogens with one attached hydrogen (secondary N) is 1. The molecule has 88 valence electrons. The Bertz CT molecular complexity index is 350. The average molecular weight is 219 g/mol. The normalized spacial score (nSPS) is 30.1. The van der Waals surface area contributed by atoms with Gasteiger partial charge >= 0.3 is 0 Å². The van der Waals surface area contributed by atoms with Gasteiger partial charge in [0.25, 0.3) is 0 Å². The highest BCUT2D eigenvalue weighted by Gasteiger charge is 2.27. The van der Waals surface area contributed by atoms with Crippen molar-refractivity contribution in [3.8, 4) is 5.75 Å². The first-order valence-corrected chi connectivity index (χ1v) is 6.09. The molecule has 0 unspecified atom stereocenters. The van der Waals surface area contributed by atoms with Gasteiger partial charge in [-0.1, -0.05) is 19.1 Å². The minimum absolute atomic E-state index is 0.602. The summed E-state index contributed by atoms with van der Waals surface area (Å²) in [5.41, 5.74) is 1.42. The Morgan fingerprint density at radius 1 is 1.31 bits per heavy atom. The van der Waals surface area contributed by atoms with Gasteiger partial charge in [-0.2, -0.15) is 0 Å². The van der Waals surface area contributed by atoms with Gasteiger partial charge in [0.1, 0.15) is 5.75 Å². The zero-order valence-corrected chi connectivity index (χ0v) is 10.4. The van der Waals surface area contributed by atoms with Gasteiger partial charge in [-0.15, -0.1) is 0 Å². The van der Waals surface area contributed by atoms with Gasteiger partial charge in [-0.25, -0.2) is 0 Å². The molecule has 0 spiro atoms. The average Bonchev–Trinajstić information content (AvgIpc) is 2.33. The van der Waals surface area contributed by atoms with Gasteiger partial charge < -0.3 is 10.1 Å². The molecule has 0 amide bonds. The molecule has 1 saturated heterocycles. The molecule has 1 N–H and O–H groups in total. The lowest BCUT2D eigenvalue weighted by atomic mass is 9.78. The van der Waals surface area contributed by atoms with Crippen LogP contribution in [0.1, 0.15) is 31.7 Å². The highest BCUT2D eigenvalue weighted by Crippen LogP contribution is 2.34. The first kappa shape index (κ1) is 11.5. The standard InChI is InChI=1S/C14H21NO/c1-10-11(2)15-8-7-14(10)12-5-4-6-13(9-12)16-3/h4-6,9-11,14-15H,7-8H2,1-3H3/t10-,11+,14+/m0/s1. The molecule has 1 aromatic rings. The van der Waals surface area contributed by atoms with E-state index < -0.39 is 0 Å². The zero-order valence-electron chi connectivity index (χ0n) is 10.4. The Balaban J connectivity index is 2.21. The largest absolute Gasteiger partial charge is 0.497 e. The molecule has 2 rings (SSSR count). The smallest absolute Gasteiger partial charge is 0.119 e. The molecule has 0 radical (unpaired) electrons. The van der Waals surface area contributed by atoms with Crippen LogP contribution in [0.4, 0.5) is 0 Å². The van der Waals surface area contributed by atoms with E-state index in [-0.39, 0.29) is 0 Å². The fourth-order valence-corrected chi connectivity index (χ4v) is 2.61. The molecule has 0 saturated carbocycles. The molecular formula is C14H21NO. The van der Waals surface area contributed by atoms with Crippen molar-refractivity contribution in [3.63, 3.8) is 0 Å². The van der Waals surface area contributed by atoms with Gasteiger partial charge in [0.05, 0.1) is 7.11 Å². The second-order valence-electron chi connectivity index (χ2n) is 4.77. The highest BCUT2D eigenvalue weighted by atomic mass is 16.5. The number of hydrogen-bond donors (Lipinski definition) is 1. The van der Waals surface area contributed by atoms with Crippen molar-refractivity contribution >= 4 is 0 Å². The van der Waals surface area contributed by atoms with E-state index in [0.717, 1.165) is 12.3 Å². The van der Waals surface area contributed by atoms with E-state index in [9.17, 15) is 0 Å². The van der Waals surface area contributed by atoms with Crippen LogP contribution in [0, 0.1) is 5.92 Å². The molecule has 1 aromatic carbocycles. The first-order chi connectivity index (χ1) is 7.72. The van der Waals surface area contributed by atoms with Crippen LogP contribution in [0.3, 0.4) is 0 Å². The van der Waals surface area contributed by atoms with Crippen molar-refractivity contribution in [2.45, 2.75) is 32.2 Å². The summed E-state index contributed by atoms with van der Waals surface area (Å²) in [6.45, 7) is 5.73.